The van der Waals surface area contributed by atoms with Crippen LogP contribution in [0.25, 0.3) is 0 Å². The zero-order valence-corrected chi connectivity index (χ0v) is 52.4. The van der Waals surface area contributed by atoms with E-state index in [0.717, 1.165) is 20.8 Å². The van der Waals surface area contributed by atoms with Crippen molar-refractivity contribution in [2.45, 2.75) is 266 Å². The van der Waals surface area contributed by atoms with Crippen LogP contribution in [0.5, 0.6) is 0 Å². The third kappa shape index (κ3) is 17.6. The molecule has 0 bridgehead atoms. The van der Waals surface area contributed by atoms with Crippen LogP contribution in [0.1, 0.15) is 20.8 Å². The summed E-state index contributed by atoms with van der Waals surface area (Å²) in [6, 6.07) is -5.27. The minimum absolute atomic E-state index is 0.770. The fourth-order valence-corrected chi connectivity index (χ4v) is 12.5. The van der Waals surface area contributed by atoms with Crippen molar-refractivity contribution in [1.29, 1.82) is 0 Å². The van der Waals surface area contributed by atoms with Gasteiger partial charge in [0.05, 0.1) is 52.9 Å². The van der Waals surface area contributed by atoms with Gasteiger partial charge >= 0.3 is 0 Å². The van der Waals surface area contributed by atoms with Crippen molar-refractivity contribution < 1.29 is 203 Å². The Morgan fingerprint density at radius 3 is 1.08 bits per heavy atom. The predicted molar refractivity (Wildman–Crippen MR) is 299 cm³/mol. The Hall–Kier alpha value is -3.11. The van der Waals surface area contributed by atoms with Crippen molar-refractivity contribution in [1.82, 2.24) is 16.0 Å². The molecule has 26 N–H and O–H groups in total. The maximum Gasteiger partial charge on any atom is 0.217 e. The van der Waals surface area contributed by atoms with Crippen molar-refractivity contribution in [3.63, 3.8) is 0 Å². The van der Waals surface area contributed by atoms with Crippen LogP contribution in [0.3, 0.4) is 0 Å². The molecule has 98 heavy (non-hydrogen) atoms. The third-order valence-electron chi connectivity index (χ3n) is 17.8. The number of aliphatic hydroxyl groups is 23. The highest BCUT2D eigenvalue weighted by Crippen LogP contribution is 2.38. The van der Waals surface area contributed by atoms with Gasteiger partial charge in [0.1, 0.15) is 195 Å². The fraction of sp³-hybridized carbons (Fsp3) is 0.944. The topological polar surface area (TPSA) is 691 Å². The first-order valence-corrected chi connectivity index (χ1v) is 31.1. The van der Waals surface area contributed by atoms with Crippen LogP contribution in [0.15, 0.2) is 0 Å². The molecule has 0 saturated carbocycles. The molecule has 8 aliphatic heterocycles. The van der Waals surface area contributed by atoms with Crippen LogP contribution in [0.2, 0.25) is 0 Å². The molecule has 0 unspecified atom stereocenters. The van der Waals surface area contributed by atoms with E-state index in [1.165, 1.54) is 0 Å². The van der Waals surface area contributed by atoms with Crippen LogP contribution in [-0.2, 0) is 85.4 Å². The van der Waals surface area contributed by atoms with E-state index >= 15 is 0 Å². The molecule has 0 aromatic carbocycles. The number of ether oxygens (including phenoxy) is 15. The normalized spacial score (nSPS) is 49.5. The van der Waals surface area contributed by atoms with Crippen molar-refractivity contribution in [3.05, 3.63) is 0 Å². The van der Waals surface area contributed by atoms with Gasteiger partial charge in [0.25, 0.3) is 0 Å². The molecule has 0 spiro atoms. The SMILES string of the molecule is CC(=O)N[C@@H]1[C@@H](O)[C@H](O[C@@H]2O[C@H](CO)[C@@H](O[C@@H]3O[C@H](CO[C@H]4O[C@H](CO[C@H]5O[C@H](CO)[C@@H](O)[C@H](O)[C@@H]5O)[C@@H](O)[C@H](O)[C@@H]4O[C@@H]4O[C@H](CO)[C@@H](O)[C@H](O)[C@H]4NC(C)=O)[C@@H](O)[C@H](O[C@H]4O[C@H](CO)[C@@H](O)[C@H](O)[C@@H]4O[C@H]4O[C@H](CO)[C@@H](O)[C@H](O)[C@H]4O)[C@@H]3O)[C@H](O)[C@H]2NC(C)=O)[C@@H](CO)O[C@H]1O. The van der Waals surface area contributed by atoms with Crippen LogP contribution < -0.4 is 16.0 Å². The van der Waals surface area contributed by atoms with Gasteiger partial charge in [0.15, 0.2) is 50.3 Å². The third-order valence-corrected chi connectivity index (χ3v) is 17.8. The summed E-state index contributed by atoms with van der Waals surface area (Å²) in [6.45, 7) is -5.35. The second-order valence-electron chi connectivity index (χ2n) is 24.7. The lowest BCUT2D eigenvalue weighted by molar-refractivity contribution is -0.399. The van der Waals surface area contributed by atoms with Crippen LogP contribution >= 0.6 is 0 Å². The van der Waals surface area contributed by atoms with Crippen molar-refractivity contribution in [3.8, 4) is 0 Å². The molecular formula is C54H91N3O41. The zero-order chi connectivity index (χ0) is 72.2. The van der Waals surface area contributed by atoms with Gasteiger partial charge in [-0.3, -0.25) is 14.4 Å². The number of hydrogen-bond donors (Lipinski definition) is 26. The molecule has 8 saturated heterocycles. The number of carbonyl (C=O) groups is 3. The highest BCUT2D eigenvalue weighted by Gasteiger charge is 2.59. The van der Waals surface area contributed by atoms with Gasteiger partial charge in [-0.15, -0.1) is 0 Å². The largest absolute Gasteiger partial charge is 0.394 e. The smallest absolute Gasteiger partial charge is 0.217 e. The van der Waals surface area contributed by atoms with Crippen molar-refractivity contribution >= 4 is 17.7 Å². The van der Waals surface area contributed by atoms with Crippen molar-refractivity contribution in [2.75, 3.05) is 52.9 Å². The number of aliphatic hydroxyl groups excluding tert-OH is 23. The molecule has 0 aromatic heterocycles. The van der Waals surface area contributed by atoms with E-state index in [4.69, 9.17) is 71.1 Å². The van der Waals surface area contributed by atoms with Gasteiger partial charge in [-0.1, -0.05) is 0 Å². The number of hydrogen-bond acceptors (Lipinski definition) is 41. The average Bonchev–Trinajstić information content (AvgIpc) is 0.783. The van der Waals surface area contributed by atoms with E-state index in [2.05, 4.69) is 16.0 Å². The molecule has 0 aromatic rings. The molecule has 8 fully saturated rings. The first-order valence-electron chi connectivity index (χ1n) is 31.1. The lowest BCUT2D eigenvalue weighted by atomic mass is 9.94. The highest BCUT2D eigenvalue weighted by molar-refractivity contribution is 5.74. The standard InChI is InChI=1S/C54H91N3O41/c1-12(64)55-23-33(74)42(19(8-62)86-47(23)83)94-49-25(57-14(3)66)34(75)43(20(9-63)91-49)95-52-41(82)44(96-54-46(37(78)29(70)18(7-61)90-54)98-51-40(81)36(77)28(69)17(6-60)89-51)31(72)22(92-52)11-85-53-45(97-48-24(56-13(2)65)32(73)26(67)15(4-58)87-48)38(79)30(71)21(93-53)10-84-50-39(80)35(76)27(68)16(5-59)88-50/h15-54,58-63,67-83H,4-11H2,1-3H3,(H,55,64)(H,56,65)(H,57,66)/t15-,16-,17-,18-,19-,20-,21-,22-,23-,24-,25-,26-,27-,28-,29-,30-,31-,32-,33-,34-,35+,36+,37+,38+,39+,40-,41+,42-,43-,44+,45+,46+,47-,48+,49+,50+,51-,52+,53+,54-/m1/s1. The van der Waals surface area contributed by atoms with Crippen LogP contribution in [0.4, 0.5) is 0 Å². The predicted octanol–water partition coefficient (Wildman–Crippen LogP) is -18.0. The molecule has 8 heterocycles. The summed E-state index contributed by atoms with van der Waals surface area (Å²) in [5.74, 6) is -2.55. The van der Waals surface area contributed by atoms with E-state index in [9.17, 15) is 132 Å². The highest BCUT2D eigenvalue weighted by atomic mass is 16.8. The van der Waals surface area contributed by atoms with E-state index in [1.807, 2.05) is 0 Å². The van der Waals surface area contributed by atoms with Gasteiger partial charge in [-0.25, -0.2) is 0 Å². The van der Waals surface area contributed by atoms with E-state index in [0.29, 0.717) is 0 Å². The molecule has 8 aliphatic rings. The van der Waals surface area contributed by atoms with Crippen molar-refractivity contribution in [2.24, 2.45) is 0 Å². The zero-order valence-electron chi connectivity index (χ0n) is 52.4. The monoisotopic (exact) mass is 1440 g/mol. The molecule has 0 aliphatic carbocycles. The summed E-state index contributed by atoms with van der Waals surface area (Å²) in [6.07, 6.45) is -75.9. The van der Waals surface area contributed by atoms with Gasteiger partial charge in [-0.05, 0) is 0 Å². The maximum atomic E-state index is 12.9. The quantitative estimate of drug-likeness (QED) is 0.0404. The van der Waals surface area contributed by atoms with Gasteiger partial charge < -0.3 is 204 Å². The minimum atomic E-state index is -2.51. The summed E-state index contributed by atoms with van der Waals surface area (Å²) in [5.41, 5.74) is 0. The minimum Gasteiger partial charge on any atom is -0.394 e. The lowest BCUT2D eigenvalue weighted by Gasteiger charge is -2.51. The Bertz CT molecular complexity index is 2510. The summed E-state index contributed by atoms with van der Waals surface area (Å²) >= 11 is 0. The first-order chi connectivity index (χ1) is 46.3. The molecule has 3 amide bonds. The molecule has 8 rings (SSSR count). The Labute approximate surface area is 554 Å². The molecule has 44 nitrogen and oxygen atoms in total. The number of rotatable bonds is 25. The fourth-order valence-electron chi connectivity index (χ4n) is 12.5. The van der Waals surface area contributed by atoms with E-state index < -0.39 is 316 Å². The van der Waals surface area contributed by atoms with E-state index in [-0.39, 0.29) is 0 Å². The maximum absolute atomic E-state index is 12.9. The molecule has 568 valence electrons. The molecule has 0 radical (unpaired) electrons. The summed E-state index contributed by atoms with van der Waals surface area (Å²) in [4.78, 5) is 37.4. The van der Waals surface area contributed by atoms with E-state index in [1.54, 1.807) is 0 Å². The summed E-state index contributed by atoms with van der Waals surface area (Å²) in [5, 5.41) is 259. The number of nitrogens with one attached hydrogen (secondary N) is 3. The Morgan fingerprint density at radius 1 is 0.265 bits per heavy atom. The van der Waals surface area contributed by atoms with Gasteiger partial charge in [-0.2, -0.15) is 0 Å². The first kappa shape index (κ1) is 80.6. The van der Waals surface area contributed by atoms with Gasteiger partial charge in [0, 0.05) is 20.8 Å². The Balaban J connectivity index is 1.15. The number of amides is 3. The average molecular weight is 1440 g/mol. The molecule has 40 atom stereocenters. The Kier molecular flexibility index (Phi) is 28.9. The molecular weight excluding hydrogens is 1350 g/mol. The van der Waals surface area contributed by atoms with Crippen LogP contribution in [-0.4, -0.2) is 433 Å². The summed E-state index contributed by atoms with van der Waals surface area (Å²) < 4.78 is 87.8. The number of carbonyl (C=O) groups excluding carboxylic acids is 3. The van der Waals surface area contributed by atoms with Gasteiger partial charge in [0.2, 0.25) is 17.7 Å². The molecule has 44 heteroatoms. The second kappa shape index (κ2) is 35.1. The van der Waals surface area contributed by atoms with Crippen LogP contribution in [0, 0.1) is 0 Å². The lowest BCUT2D eigenvalue weighted by Crippen LogP contribution is -2.70. The Morgan fingerprint density at radius 2 is 0.571 bits per heavy atom. The second-order valence-corrected chi connectivity index (χ2v) is 24.7. The summed E-state index contributed by atoms with van der Waals surface area (Å²) in [7, 11) is 0.